The van der Waals surface area contributed by atoms with Gasteiger partial charge in [-0.1, -0.05) is 6.07 Å². The summed E-state index contributed by atoms with van der Waals surface area (Å²) in [6.07, 6.45) is 0.638. The van der Waals surface area contributed by atoms with Crippen molar-refractivity contribution in [1.82, 2.24) is 4.90 Å². The minimum Gasteiger partial charge on any atom is -0.493 e. The Hall–Kier alpha value is -1.73. The van der Waals surface area contributed by atoms with Gasteiger partial charge in [-0.15, -0.1) is 0 Å². The van der Waals surface area contributed by atoms with Gasteiger partial charge in [0.2, 0.25) is 0 Å². The first-order valence-electron chi connectivity index (χ1n) is 6.35. The Balaban J connectivity index is 3.00. The van der Waals surface area contributed by atoms with E-state index in [4.69, 9.17) is 9.47 Å². The number of nitrogens with zero attached hydrogens (tertiary/aromatic N) is 2. The van der Waals surface area contributed by atoms with Crippen LogP contribution in [0.2, 0.25) is 0 Å². The lowest BCUT2D eigenvalue weighted by Gasteiger charge is -2.29. The van der Waals surface area contributed by atoms with E-state index < -0.39 is 5.54 Å². The van der Waals surface area contributed by atoms with Gasteiger partial charge in [-0.3, -0.25) is 4.90 Å². The average Bonchev–Trinajstić information content (AvgIpc) is 2.40. The van der Waals surface area contributed by atoms with Gasteiger partial charge < -0.3 is 9.47 Å². The molecular weight excluding hydrogens is 240 g/mol. The van der Waals surface area contributed by atoms with Gasteiger partial charge in [0, 0.05) is 6.42 Å². The van der Waals surface area contributed by atoms with Crippen LogP contribution in [0.3, 0.4) is 0 Å². The minimum atomic E-state index is -0.530. The van der Waals surface area contributed by atoms with E-state index in [1.165, 1.54) is 0 Å². The van der Waals surface area contributed by atoms with E-state index in [0.29, 0.717) is 18.8 Å². The Morgan fingerprint density at radius 2 is 2.00 bits per heavy atom. The second kappa shape index (κ2) is 6.44. The van der Waals surface area contributed by atoms with Gasteiger partial charge in [-0.2, -0.15) is 5.26 Å². The molecule has 104 valence electrons. The van der Waals surface area contributed by atoms with Crippen LogP contribution in [-0.2, 0) is 6.42 Å². The highest BCUT2D eigenvalue weighted by molar-refractivity contribution is 5.43. The molecular formula is C15H22N2O2. The van der Waals surface area contributed by atoms with Crippen LogP contribution >= 0.6 is 0 Å². The molecule has 0 aromatic heterocycles. The van der Waals surface area contributed by atoms with Crippen molar-refractivity contribution in [3.05, 3.63) is 23.8 Å². The van der Waals surface area contributed by atoms with Crippen LogP contribution < -0.4 is 9.47 Å². The molecule has 0 amide bonds. The zero-order valence-corrected chi connectivity index (χ0v) is 12.4. The first kappa shape index (κ1) is 15.3. The van der Waals surface area contributed by atoms with E-state index in [-0.39, 0.29) is 0 Å². The maximum atomic E-state index is 9.33. The third kappa shape index (κ3) is 3.62. The summed E-state index contributed by atoms with van der Waals surface area (Å²) in [6.45, 7) is 4.46. The average molecular weight is 262 g/mol. The number of methoxy groups -OCH3 is 1. The molecule has 0 heterocycles. The van der Waals surface area contributed by atoms with E-state index in [1.807, 2.05) is 51.0 Å². The third-order valence-electron chi connectivity index (χ3n) is 3.30. The number of likely N-dealkylation sites (N-methyl/N-ethyl adjacent to an activating group) is 1. The summed E-state index contributed by atoms with van der Waals surface area (Å²) in [7, 11) is 5.45. The maximum Gasteiger partial charge on any atom is 0.161 e. The third-order valence-corrected chi connectivity index (χ3v) is 3.30. The van der Waals surface area contributed by atoms with Gasteiger partial charge in [0.25, 0.3) is 0 Å². The Bertz CT molecular complexity index is 466. The summed E-state index contributed by atoms with van der Waals surface area (Å²) >= 11 is 0. The Labute approximate surface area is 115 Å². The SMILES string of the molecule is CCOc1ccc(CC(C)(C#N)N(C)C)cc1OC. The first-order chi connectivity index (χ1) is 8.96. The molecule has 4 nitrogen and oxygen atoms in total. The number of hydrogen-bond donors (Lipinski definition) is 0. The monoisotopic (exact) mass is 262 g/mol. The summed E-state index contributed by atoms with van der Waals surface area (Å²) < 4.78 is 10.8. The predicted octanol–water partition coefficient (Wildman–Crippen LogP) is 2.48. The van der Waals surface area contributed by atoms with Crippen molar-refractivity contribution in [2.45, 2.75) is 25.8 Å². The fourth-order valence-electron chi connectivity index (χ4n) is 1.79. The largest absolute Gasteiger partial charge is 0.493 e. The highest BCUT2D eigenvalue weighted by atomic mass is 16.5. The van der Waals surface area contributed by atoms with E-state index in [1.54, 1.807) is 7.11 Å². The summed E-state index contributed by atoms with van der Waals surface area (Å²) in [4.78, 5) is 1.93. The second-order valence-electron chi connectivity index (χ2n) is 4.88. The van der Waals surface area contributed by atoms with Gasteiger partial charge in [0.05, 0.1) is 19.8 Å². The Morgan fingerprint density at radius 1 is 1.32 bits per heavy atom. The topological polar surface area (TPSA) is 45.5 Å². The summed E-state index contributed by atoms with van der Waals surface area (Å²) in [5.74, 6) is 1.44. The van der Waals surface area contributed by atoms with Crippen LogP contribution in [0.4, 0.5) is 0 Å². The lowest BCUT2D eigenvalue weighted by molar-refractivity contribution is 0.236. The number of ether oxygens (including phenoxy) is 2. The van der Waals surface area contributed by atoms with E-state index in [2.05, 4.69) is 6.07 Å². The van der Waals surface area contributed by atoms with Gasteiger partial charge >= 0.3 is 0 Å². The molecule has 1 unspecified atom stereocenters. The number of hydrogen-bond acceptors (Lipinski definition) is 4. The molecule has 1 aromatic rings. The van der Waals surface area contributed by atoms with Crippen molar-refractivity contribution in [3.8, 4) is 17.6 Å². The quantitative estimate of drug-likeness (QED) is 0.790. The maximum absolute atomic E-state index is 9.33. The molecule has 1 atom stereocenters. The van der Waals surface area contributed by atoms with Crippen molar-refractivity contribution in [2.75, 3.05) is 27.8 Å². The van der Waals surface area contributed by atoms with E-state index in [0.717, 1.165) is 11.3 Å². The fraction of sp³-hybridized carbons (Fsp3) is 0.533. The molecule has 0 fully saturated rings. The molecule has 4 heteroatoms. The fourth-order valence-corrected chi connectivity index (χ4v) is 1.79. The molecule has 0 saturated heterocycles. The van der Waals surface area contributed by atoms with Crippen molar-refractivity contribution < 1.29 is 9.47 Å². The molecule has 0 aliphatic rings. The van der Waals surface area contributed by atoms with Gasteiger partial charge in [-0.25, -0.2) is 0 Å². The predicted molar refractivity (Wildman–Crippen MR) is 75.6 cm³/mol. The molecule has 0 radical (unpaired) electrons. The lowest BCUT2D eigenvalue weighted by atomic mass is 9.93. The second-order valence-corrected chi connectivity index (χ2v) is 4.88. The van der Waals surface area contributed by atoms with Crippen LogP contribution in [-0.4, -0.2) is 38.3 Å². The molecule has 0 aliphatic heterocycles. The number of rotatable bonds is 6. The Morgan fingerprint density at radius 3 is 2.47 bits per heavy atom. The highest BCUT2D eigenvalue weighted by Crippen LogP contribution is 2.30. The van der Waals surface area contributed by atoms with E-state index in [9.17, 15) is 5.26 Å². The normalized spacial score (nSPS) is 13.7. The highest BCUT2D eigenvalue weighted by Gasteiger charge is 2.27. The first-order valence-corrected chi connectivity index (χ1v) is 6.35. The molecule has 19 heavy (non-hydrogen) atoms. The van der Waals surface area contributed by atoms with Crippen LogP contribution in [0, 0.1) is 11.3 Å². The van der Waals surface area contributed by atoms with E-state index >= 15 is 0 Å². The molecule has 0 bridgehead atoms. The van der Waals surface area contributed by atoms with Crippen molar-refractivity contribution in [1.29, 1.82) is 5.26 Å². The standard InChI is InChI=1S/C15H22N2O2/c1-6-19-13-8-7-12(9-14(13)18-5)10-15(2,11-16)17(3)4/h7-9H,6,10H2,1-5H3. The molecule has 0 aliphatic carbocycles. The molecule has 1 aromatic carbocycles. The summed E-state index contributed by atoms with van der Waals surface area (Å²) in [6, 6.07) is 8.16. The molecule has 1 rings (SSSR count). The molecule has 0 N–H and O–H groups in total. The van der Waals surface area contributed by atoms with Gasteiger partial charge in [0.15, 0.2) is 11.5 Å². The zero-order chi connectivity index (χ0) is 14.5. The van der Waals surface area contributed by atoms with Crippen LogP contribution in [0.1, 0.15) is 19.4 Å². The van der Waals surface area contributed by atoms with Crippen LogP contribution in [0.5, 0.6) is 11.5 Å². The van der Waals surface area contributed by atoms with Crippen molar-refractivity contribution in [2.24, 2.45) is 0 Å². The molecule has 0 saturated carbocycles. The Kier molecular flexibility index (Phi) is 5.20. The van der Waals surface area contributed by atoms with Gasteiger partial charge in [0.1, 0.15) is 5.54 Å². The lowest BCUT2D eigenvalue weighted by Crippen LogP contribution is -2.41. The van der Waals surface area contributed by atoms with Crippen LogP contribution in [0.15, 0.2) is 18.2 Å². The van der Waals surface area contributed by atoms with Crippen LogP contribution in [0.25, 0.3) is 0 Å². The number of benzene rings is 1. The minimum absolute atomic E-state index is 0.530. The smallest absolute Gasteiger partial charge is 0.161 e. The van der Waals surface area contributed by atoms with Gasteiger partial charge in [-0.05, 0) is 45.6 Å². The summed E-state index contributed by atoms with van der Waals surface area (Å²) in [5.41, 5.74) is 0.524. The van der Waals surface area contributed by atoms with Crippen molar-refractivity contribution >= 4 is 0 Å². The van der Waals surface area contributed by atoms with Crippen molar-refractivity contribution in [3.63, 3.8) is 0 Å². The molecule has 0 spiro atoms. The summed E-state index contributed by atoms with van der Waals surface area (Å²) in [5, 5.41) is 9.33. The zero-order valence-electron chi connectivity index (χ0n) is 12.4. The number of nitriles is 1.